The Morgan fingerprint density at radius 2 is 1.44 bits per heavy atom. The van der Waals surface area contributed by atoms with Gasteiger partial charge in [-0.25, -0.2) is 4.98 Å². The Balaban J connectivity index is 2.12. The normalized spacial score (nSPS) is 10.7. The molecule has 0 bridgehead atoms. The summed E-state index contributed by atoms with van der Waals surface area (Å²) >= 11 is 1.72. The summed E-state index contributed by atoms with van der Waals surface area (Å²) in [4.78, 5) is 4.83. The van der Waals surface area contributed by atoms with Gasteiger partial charge in [-0.05, 0) is 21.9 Å². The zero-order valence-electron chi connectivity index (χ0n) is 13.8. The van der Waals surface area contributed by atoms with Gasteiger partial charge in [-0.2, -0.15) is 0 Å². The molecular formula is C23H17NS. The molecule has 2 heteroatoms. The number of fused-ring (bicyclic) bond motifs is 3. The molecule has 0 amide bonds. The van der Waals surface area contributed by atoms with Crippen LogP contribution in [0, 0.1) is 0 Å². The van der Waals surface area contributed by atoms with Gasteiger partial charge in [0.05, 0.1) is 10.2 Å². The molecule has 0 radical (unpaired) electrons. The number of nitrogens with zero attached hydrogens (tertiary/aromatic N) is 1. The highest BCUT2D eigenvalue weighted by atomic mass is 32.1. The minimum atomic E-state index is 0.970. The number of hydrogen-bond donors (Lipinski definition) is 0. The van der Waals surface area contributed by atoms with Crippen molar-refractivity contribution in [2.75, 3.05) is 0 Å². The Morgan fingerprint density at radius 1 is 0.720 bits per heavy atom. The van der Waals surface area contributed by atoms with E-state index in [9.17, 15) is 0 Å². The number of benzene rings is 2. The van der Waals surface area contributed by atoms with E-state index in [0.717, 1.165) is 37.3 Å². The highest BCUT2D eigenvalue weighted by Crippen LogP contribution is 2.33. The van der Waals surface area contributed by atoms with Crippen LogP contribution in [0.1, 0.15) is 0 Å². The Hall–Kier alpha value is -2.97. The molecule has 120 valence electrons. The second-order valence-corrected chi connectivity index (χ2v) is 6.91. The van der Waals surface area contributed by atoms with Crippen molar-refractivity contribution in [1.82, 2.24) is 4.98 Å². The van der Waals surface area contributed by atoms with Crippen LogP contribution in [-0.2, 0) is 0 Å². The molecule has 0 spiro atoms. The zero-order chi connectivity index (χ0) is 17.2. The molecule has 1 heterocycles. The van der Waals surface area contributed by atoms with Crippen molar-refractivity contribution in [3.63, 3.8) is 0 Å². The zero-order valence-corrected chi connectivity index (χ0v) is 14.6. The number of rotatable bonds is 1. The standard InChI is InChI=1S/C23H17NS/c1-16-8-6-7-9-17(2)21-18(13-12-16)14-15-20-22(21)25-23(24-20)19-10-4-3-5-11-19/h3-15H,1-2H2. The monoisotopic (exact) mass is 339 g/mol. The fourth-order valence-corrected chi connectivity index (χ4v) is 4.03. The maximum absolute atomic E-state index is 4.83. The Labute approximate surface area is 150 Å². The Morgan fingerprint density at radius 3 is 2.28 bits per heavy atom. The van der Waals surface area contributed by atoms with Crippen LogP contribution in [0.5, 0.6) is 0 Å². The molecule has 0 saturated carbocycles. The minimum absolute atomic E-state index is 0.970. The van der Waals surface area contributed by atoms with Crippen molar-refractivity contribution in [3.8, 4) is 10.6 Å². The first-order valence-electron chi connectivity index (χ1n) is 8.12. The van der Waals surface area contributed by atoms with Crippen molar-refractivity contribution >= 4 is 45.5 Å². The maximum Gasteiger partial charge on any atom is 0.124 e. The van der Waals surface area contributed by atoms with Crippen LogP contribution in [0.2, 0.25) is 0 Å². The molecule has 0 N–H and O–H groups in total. The minimum Gasteiger partial charge on any atom is -0.236 e. The molecule has 0 aliphatic heterocycles. The van der Waals surface area contributed by atoms with Crippen molar-refractivity contribution in [2.24, 2.45) is 0 Å². The average Bonchev–Trinajstić information content (AvgIpc) is 3.07. The van der Waals surface area contributed by atoms with Crippen molar-refractivity contribution in [3.05, 3.63) is 89.3 Å². The second kappa shape index (κ2) is 6.50. The summed E-state index contributed by atoms with van der Waals surface area (Å²) in [6.45, 7) is 8.33. The summed E-state index contributed by atoms with van der Waals surface area (Å²) in [6.07, 6.45) is 0. The van der Waals surface area contributed by atoms with Crippen LogP contribution < -0.4 is 10.4 Å². The molecule has 3 aromatic carbocycles. The lowest BCUT2D eigenvalue weighted by Crippen LogP contribution is -1.96. The molecular weight excluding hydrogens is 322 g/mol. The third kappa shape index (κ3) is 3.04. The third-order valence-electron chi connectivity index (χ3n) is 4.13. The van der Waals surface area contributed by atoms with Gasteiger partial charge in [0.15, 0.2) is 0 Å². The van der Waals surface area contributed by atoms with Crippen molar-refractivity contribution in [1.29, 1.82) is 0 Å². The number of hydrogen-bond acceptors (Lipinski definition) is 2. The van der Waals surface area contributed by atoms with E-state index in [1.807, 2.05) is 48.5 Å². The molecule has 0 aliphatic rings. The highest BCUT2D eigenvalue weighted by Gasteiger charge is 2.08. The molecule has 1 aromatic heterocycles. The fraction of sp³-hybridized carbons (Fsp3) is 0. The smallest absolute Gasteiger partial charge is 0.124 e. The summed E-state index contributed by atoms with van der Waals surface area (Å²) in [6, 6.07) is 26.7. The largest absolute Gasteiger partial charge is 0.236 e. The van der Waals surface area contributed by atoms with Gasteiger partial charge >= 0.3 is 0 Å². The molecule has 0 unspecified atom stereocenters. The van der Waals surface area contributed by atoms with Crippen LogP contribution in [0.15, 0.2) is 78.9 Å². The molecule has 25 heavy (non-hydrogen) atoms. The molecule has 4 aromatic rings. The SMILES string of the molecule is C=c1ccccc(=C)c2c(cc1)ccc1nc(-c3ccccc3)sc12. The fourth-order valence-electron chi connectivity index (χ4n) is 2.87. The topological polar surface area (TPSA) is 12.9 Å². The van der Waals surface area contributed by atoms with E-state index < -0.39 is 0 Å². The number of aromatic nitrogens is 1. The molecule has 0 atom stereocenters. The van der Waals surface area contributed by atoms with Gasteiger partial charge in [-0.15, -0.1) is 11.3 Å². The lowest BCUT2D eigenvalue weighted by atomic mass is 10.1. The van der Waals surface area contributed by atoms with Gasteiger partial charge in [0.1, 0.15) is 5.01 Å². The molecule has 0 aliphatic carbocycles. The summed E-state index contributed by atoms with van der Waals surface area (Å²) in [5.74, 6) is 0. The van der Waals surface area contributed by atoms with Crippen molar-refractivity contribution in [2.45, 2.75) is 0 Å². The van der Waals surface area contributed by atoms with E-state index in [4.69, 9.17) is 4.98 Å². The summed E-state index contributed by atoms with van der Waals surface area (Å²) in [5.41, 5.74) is 2.15. The lowest BCUT2D eigenvalue weighted by molar-refractivity contribution is 1.48. The van der Waals surface area contributed by atoms with E-state index in [1.54, 1.807) is 11.3 Å². The number of thiazole rings is 1. The quantitative estimate of drug-likeness (QED) is 0.472. The summed E-state index contributed by atoms with van der Waals surface area (Å²) in [5, 5.41) is 5.28. The Bertz CT molecular complexity index is 1220. The predicted octanol–water partition coefficient (Wildman–Crippen LogP) is 5.06. The molecule has 4 rings (SSSR count). The first-order chi connectivity index (χ1) is 12.2. The van der Waals surface area contributed by atoms with Crippen molar-refractivity contribution < 1.29 is 0 Å². The van der Waals surface area contributed by atoms with Crippen LogP contribution in [0.3, 0.4) is 0 Å². The van der Waals surface area contributed by atoms with Gasteiger partial charge in [-0.1, -0.05) is 86.0 Å². The van der Waals surface area contributed by atoms with Crippen LogP contribution >= 0.6 is 11.3 Å². The average molecular weight is 339 g/mol. The van der Waals surface area contributed by atoms with Gasteiger partial charge < -0.3 is 0 Å². The van der Waals surface area contributed by atoms with E-state index in [1.165, 1.54) is 4.70 Å². The van der Waals surface area contributed by atoms with E-state index in [-0.39, 0.29) is 0 Å². The van der Waals surface area contributed by atoms with Gasteiger partial charge in [0, 0.05) is 10.9 Å². The third-order valence-corrected chi connectivity index (χ3v) is 5.27. The first kappa shape index (κ1) is 15.6. The van der Waals surface area contributed by atoms with Gasteiger partial charge in [0.25, 0.3) is 0 Å². The Kier molecular flexibility index (Phi) is 4.04. The second-order valence-electron chi connectivity index (χ2n) is 5.91. The van der Waals surface area contributed by atoms with Crippen LogP contribution in [0.25, 0.3) is 44.7 Å². The summed E-state index contributed by atoms with van der Waals surface area (Å²) < 4.78 is 1.17. The van der Waals surface area contributed by atoms with Crippen LogP contribution in [-0.4, -0.2) is 4.98 Å². The van der Waals surface area contributed by atoms with E-state index >= 15 is 0 Å². The van der Waals surface area contributed by atoms with E-state index in [0.29, 0.717) is 0 Å². The van der Waals surface area contributed by atoms with Crippen LogP contribution in [0.4, 0.5) is 0 Å². The maximum atomic E-state index is 4.83. The highest BCUT2D eigenvalue weighted by molar-refractivity contribution is 7.22. The predicted molar refractivity (Wildman–Crippen MR) is 110 cm³/mol. The van der Waals surface area contributed by atoms with Gasteiger partial charge in [0.2, 0.25) is 0 Å². The van der Waals surface area contributed by atoms with E-state index in [2.05, 4.69) is 43.5 Å². The lowest BCUT2D eigenvalue weighted by Gasteiger charge is -1.96. The first-order valence-corrected chi connectivity index (χ1v) is 8.94. The summed E-state index contributed by atoms with van der Waals surface area (Å²) in [7, 11) is 0. The molecule has 0 fully saturated rings. The molecule has 1 nitrogen and oxygen atoms in total. The molecule has 0 saturated heterocycles. The van der Waals surface area contributed by atoms with Gasteiger partial charge in [-0.3, -0.25) is 0 Å².